The van der Waals surface area contributed by atoms with Gasteiger partial charge in [0.2, 0.25) is 0 Å². The topological polar surface area (TPSA) is 52.6 Å². The Morgan fingerprint density at radius 1 is 0.800 bits per heavy atom. The van der Waals surface area contributed by atoms with Gasteiger partial charge in [-0.05, 0) is 61.2 Å². The van der Waals surface area contributed by atoms with Gasteiger partial charge in [0.15, 0.2) is 0 Å². The fourth-order valence-corrected chi connectivity index (χ4v) is 5.63. The Morgan fingerprint density at radius 2 is 1.40 bits per heavy atom. The molecule has 0 aromatic rings. The number of ether oxygens (including phenoxy) is 2. The van der Waals surface area contributed by atoms with Crippen LogP contribution >= 0.6 is 0 Å². The highest BCUT2D eigenvalue weighted by atomic mass is 16.5. The van der Waals surface area contributed by atoms with Gasteiger partial charge >= 0.3 is 11.9 Å². The van der Waals surface area contributed by atoms with Gasteiger partial charge < -0.3 is 9.47 Å². The maximum atomic E-state index is 12.3. The summed E-state index contributed by atoms with van der Waals surface area (Å²) >= 11 is 0. The highest BCUT2D eigenvalue weighted by Crippen LogP contribution is 2.73. The zero-order valence-corrected chi connectivity index (χ0v) is 12.1. The van der Waals surface area contributed by atoms with Gasteiger partial charge in [-0.15, -0.1) is 0 Å². The first kappa shape index (κ1) is 12.7. The number of methoxy groups -OCH3 is 2. The zero-order valence-electron chi connectivity index (χ0n) is 12.1. The van der Waals surface area contributed by atoms with E-state index < -0.39 is 0 Å². The fourth-order valence-electron chi connectivity index (χ4n) is 5.63. The molecule has 4 rings (SSSR count). The number of hydrogen-bond acceptors (Lipinski definition) is 4. The van der Waals surface area contributed by atoms with Crippen LogP contribution in [0.1, 0.15) is 25.7 Å². The molecule has 4 heteroatoms. The van der Waals surface area contributed by atoms with Crippen molar-refractivity contribution in [2.75, 3.05) is 14.2 Å². The number of esters is 2. The molecule has 20 heavy (non-hydrogen) atoms. The summed E-state index contributed by atoms with van der Waals surface area (Å²) in [6.07, 6.45) is 4.50. The van der Waals surface area contributed by atoms with Gasteiger partial charge in [0.05, 0.1) is 26.1 Å². The maximum Gasteiger partial charge on any atom is 0.309 e. The molecule has 0 heterocycles. The fraction of sp³-hybridized carbons (Fsp3) is 0.875. The first-order chi connectivity index (χ1) is 9.67. The van der Waals surface area contributed by atoms with E-state index in [9.17, 15) is 9.59 Å². The van der Waals surface area contributed by atoms with Crippen LogP contribution in [0, 0.1) is 47.3 Å². The molecule has 0 amide bonds. The van der Waals surface area contributed by atoms with E-state index in [1.54, 1.807) is 0 Å². The monoisotopic (exact) mass is 278 g/mol. The SMILES string of the molecule is COC(=O)C1CCC2C3CC3C3CC3C2C1C(=O)OC. The van der Waals surface area contributed by atoms with Gasteiger partial charge in [0.1, 0.15) is 0 Å². The standard InChI is InChI=1S/C16H22O4/c1-19-15(17)8-4-3-7-9-5-10(9)11-6-12(11)13(7)14(8)16(18)20-2/h7-14H,3-6H2,1-2H3. The molecule has 4 nitrogen and oxygen atoms in total. The molecule has 0 aliphatic heterocycles. The van der Waals surface area contributed by atoms with E-state index in [2.05, 4.69) is 0 Å². The van der Waals surface area contributed by atoms with Crippen LogP contribution in [0.2, 0.25) is 0 Å². The van der Waals surface area contributed by atoms with Gasteiger partial charge in [-0.25, -0.2) is 0 Å². The summed E-state index contributed by atoms with van der Waals surface area (Å²) in [5, 5.41) is 0. The third-order valence-electron chi connectivity index (χ3n) is 6.51. The molecule has 4 fully saturated rings. The summed E-state index contributed by atoms with van der Waals surface area (Å²) in [7, 11) is 2.86. The predicted octanol–water partition coefficient (Wildman–Crippen LogP) is 1.88. The number of rotatable bonds is 2. The Labute approximate surface area is 119 Å². The lowest BCUT2D eigenvalue weighted by Gasteiger charge is -2.43. The molecule has 110 valence electrons. The Balaban J connectivity index is 1.66. The summed E-state index contributed by atoms with van der Waals surface area (Å²) in [5.74, 6) is 3.32. The molecule has 0 N–H and O–H groups in total. The molecule has 0 spiro atoms. The summed E-state index contributed by atoms with van der Waals surface area (Å²) in [4.78, 5) is 24.4. The largest absolute Gasteiger partial charge is 0.469 e. The quantitative estimate of drug-likeness (QED) is 0.724. The highest BCUT2D eigenvalue weighted by molar-refractivity contribution is 5.82. The van der Waals surface area contributed by atoms with Gasteiger partial charge in [-0.2, -0.15) is 0 Å². The van der Waals surface area contributed by atoms with E-state index in [1.165, 1.54) is 27.1 Å². The smallest absolute Gasteiger partial charge is 0.309 e. The first-order valence-corrected chi connectivity index (χ1v) is 7.83. The summed E-state index contributed by atoms with van der Waals surface area (Å²) in [6, 6.07) is 0. The van der Waals surface area contributed by atoms with E-state index in [0.29, 0.717) is 17.8 Å². The third kappa shape index (κ3) is 1.60. The Kier molecular flexibility index (Phi) is 2.67. The minimum absolute atomic E-state index is 0.195. The van der Waals surface area contributed by atoms with Crippen molar-refractivity contribution in [1.29, 1.82) is 0 Å². The van der Waals surface area contributed by atoms with Crippen molar-refractivity contribution in [3.63, 3.8) is 0 Å². The Hall–Kier alpha value is -1.06. The van der Waals surface area contributed by atoms with E-state index in [4.69, 9.17) is 9.47 Å². The molecule has 0 bridgehead atoms. The minimum atomic E-state index is -0.287. The molecule has 0 aromatic heterocycles. The Morgan fingerprint density at radius 3 is 2.10 bits per heavy atom. The third-order valence-corrected chi connectivity index (χ3v) is 6.51. The van der Waals surface area contributed by atoms with Crippen molar-refractivity contribution >= 4 is 11.9 Å². The first-order valence-electron chi connectivity index (χ1n) is 7.83. The molecule has 0 aromatic carbocycles. The average Bonchev–Trinajstić information content (AvgIpc) is 3.35. The number of carbonyl (C=O) groups excluding carboxylic acids is 2. The zero-order chi connectivity index (χ0) is 14.0. The van der Waals surface area contributed by atoms with Gasteiger partial charge in [-0.3, -0.25) is 9.59 Å². The second-order valence-electron chi connectivity index (χ2n) is 7.12. The maximum absolute atomic E-state index is 12.3. The van der Waals surface area contributed by atoms with Crippen LogP contribution in [-0.2, 0) is 19.1 Å². The van der Waals surface area contributed by atoms with Crippen LogP contribution in [0.25, 0.3) is 0 Å². The van der Waals surface area contributed by atoms with E-state index in [1.807, 2.05) is 0 Å². The van der Waals surface area contributed by atoms with Crippen molar-refractivity contribution in [2.45, 2.75) is 25.7 Å². The molecule has 0 saturated heterocycles. The number of hydrogen-bond donors (Lipinski definition) is 0. The van der Waals surface area contributed by atoms with Crippen molar-refractivity contribution in [3.8, 4) is 0 Å². The average molecular weight is 278 g/mol. The highest BCUT2D eigenvalue weighted by Gasteiger charge is 2.68. The molecular weight excluding hydrogens is 256 g/mol. The predicted molar refractivity (Wildman–Crippen MR) is 70.4 cm³/mol. The van der Waals surface area contributed by atoms with Crippen LogP contribution < -0.4 is 0 Å². The molecule has 8 unspecified atom stereocenters. The molecule has 0 radical (unpaired) electrons. The van der Waals surface area contributed by atoms with E-state index in [-0.39, 0.29) is 23.8 Å². The normalized spacial score (nSPS) is 51.1. The summed E-state index contributed by atoms with van der Waals surface area (Å²) in [5.41, 5.74) is 0. The molecule has 4 aliphatic rings. The number of fused-ring (bicyclic) bond motifs is 6. The van der Waals surface area contributed by atoms with Crippen molar-refractivity contribution in [3.05, 3.63) is 0 Å². The second kappa shape index (κ2) is 4.22. The molecule has 4 saturated carbocycles. The van der Waals surface area contributed by atoms with Crippen molar-refractivity contribution in [1.82, 2.24) is 0 Å². The van der Waals surface area contributed by atoms with Gasteiger partial charge in [0, 0.05) is 0 Å². The van der Waals surface area contributed by atoms with Crippen LogP contribution in [0.15, 0.2) is 0 Å². The summed E-state index contributed by atoms with van der Waals surface area (Å²) < 4.78 is 9.97. The summed E-state index contributed by atoms with van der Waals surface area (Å²) in [6.45, 7) is 0. The van der Waals surface area contributed by atoms with Crippen LogP contribution in [0.3, 0.4) is 0 Å². The number of carbonyl (C=O) groups is 2. The van der Waals surface area contributed by atoms with E-state index >= 15 is 0 Å². The molecule has 8 atom stereocenters. The molecular formula is C16H22O4. The van der Waals surface area contributed by atoms with Gasteiger partial charge in [0.25, 0.3) is 0 Å². The van der Waals surface area contributed by atoms with Crippen LogP contribution in [0.5, 0.6) is 0 Å². The van der Waals surface area contributed by atoms with Crippen molar-refractivity contribution < 1.29 is 19.1 Å². The second-order valence-corrected chi connectivity index (χ2v) is 7.12. The Bertz CT molecular complexity index is 459. The minimum Gasteiger partial charge on any atom is -0.469 e. The lowest BCUT2D eigenvalue weighted by atomic mass is 9.61. The van der Waals surface area contributed by atoms with Crippen LogP contribution in [-0.4, -0.2) is 26.2 Å². The lowest BCUT2D eigenvalue weighted by molar-refractivity contribution is -0.166. The van der Waals surface area contributed by atoms with E-state index in [0.717, 1.165) is 30.6 Å². The lowest BCUT2D eigenvalue weighted by Crippen LogP contribution is -2.46. The van der Waals surface area contributed by atoms with Crippen LogP contribution in [0.4, 0.5) is 0 Å². The van der Waals surface area contributed by atoms with Gasteiger partial charge in [-0.1, -0.05) is 0 Å². The molecule has 4 aliphatic carbocycles. The van der Waals surface area contributed by atoms with Crippen molar-refractivity contribution in [2.24, 2.45) is 47.3 Å².